The summed E-state index contributed by atoms with van der Waals surface area (Å²) in [5.41, 5.74) is 0.0269. The highest BCUT2D eigenvalue weighted by molar-refractivity contribution is 5.47. The number of nitrogens with zero attached hydrogens (tertiary/aromatic N) is 5. The fraction of sp³-hybridized carbons (Fsp3) is 0.353. The SMILES string of the molecule is Oc1ccc(OC2CCCCN2c2ccc3nnc(C(F)(F)F)n3n2)cc1. The van der Waals surface area contributed by atoms with Crippen LogP contribution in [0.15, 0.2) is 36.4 Å². The van der Waals surface area contributed by atoms with Crippen LogP contribution in [0.4, 0.5) is 19.0 Å². The van der Waals surface area contributed by atoms with Gasteiger partial charge in [0.2, 0.25) is 0 Å². The normalized spacial score (nSPS) is 18.0. The van der Waals surface area contributed by atoms with Crippen molar-refractivity contribution in [2.24, 2.45) is 0 Å². The van der Waals surface area contributed by atoms with Crippen LogP contribution < -0.4 is 9.64 Å². The number of halogens is 3. The quantitative estimate of drug-likeness (QED) is 0.753. The second kappa shape index (κ2) is 6.60. The molecule has 4 rings (SSSR count). The first-order valence-electron chi connectivity index (χ1n) is 8.44. The lowest BCUT2D eigenvalue weighted by Gasteiger charge is -2.36. The van der Waals surface area contributed by atoms with E-state index in [-0.39, 0.29) is 17.6 Å². The predicted molar refractivity (Wildman–Crippen MR) is 89.5 cm³/mol. The third-order valence-corrected chi connectivity index (χ3v) is 4.35. The van der Waals surface area contributed by atoms with Crippen LogP contribution in [0.1, 0.15) is 25.1 Å². The molecule has 0 saturated carbocycles. The molecule has 1 aromatic carbocycles. The first-order chi connectivity index (χ1) is 12.9. The highest BCUT2D eigenvalue weighted by Gasteiger charge is 2.38. The van der Waals surface area contributed by atoms with Crippen LogP contribution in [0.25, 0.3) is 5.65 Å². The van der Waals surface area contributed by atoms with Crippen molar-refractivity contribution in [1.82, 2.24) is 19.8 Å². The molecule has 27 heavy (non-hydrogen) atoms. The zero-order chi connectivity index (χ0) is 19.0. The molecule has 2 aromatic heterocycles. The van der Waals surface area contributed by atoms with Gasteiger partial charge in [-0.15, -0.1) is 15.3 Å². The van der Waals surface area contributed by atoms with Crippen LogP contribution >= 0.6 is 0 Å². The van der Waals surface area contributed by atoms with Crippen molar-refractivity contribution in [2.75, 3.05) is 11.4 Å². The molecule has 0 spiro atoms. The molecule has 7 nitrogen and oxygen atoms in total. The summed E-state index contributed by atoms with van der Waals surface area (Å²) < 4.78 is 46.0. The average Bonchev–Trinajstić information content (AvgIpc) is 3.07. The zero-order valence-corrected chi connectivity index (χ0v) is 14.1. The van der Waals surface area contributed by atoms with Crippen molar-refractivity contribution in [1.29, 1.82) is 0 Å². The van der Waals surface area contributed by atoms with Gasteiger partial charge in [-0.05, 0) is 49.2 Å². The van der Waals surface area contributed by atoms with E-state index in [1.54, 1.807) is 18.2 Å². The number of alkyl halides is 3. The summed E-state index contributed by atoms with van der Waals surface area (Å²) in [6.45, 7) is 0.602. The molecule has 0 radical (unpaired) electrons. The number of hydrogen-bond acceptors (Lipinski definition) is 6. The average molecular weight is 379 g/mol. The monoisotopic (exact) mass is 379 g/mol. The molecule has 0 bridgehead atoms. The Morgan fingerprint density at radius 3 is 2.56 bits per heavy atom. The lowest BCUT2D eigenvalue weighted by atomic mass is 10.1. The highest BCUT2D eigenvalue weighted by atomic mass is 19.4. The lowest BCUT2D eigenvalue weighted by Crippen LogP contribution is -2.44. The van der Waals surface area contributed by atoms with E-state index in [9.17, 15) is 18.3 Å². The van der Waals surface area contributed by atoms with E-state index in [1.165, 1.54) is 18.2 Å². The van der Waals surface area contributed by atoms with Gasteiger partial charge < -0.3 is 14.7 Å². The summed E-state index contributed by atoms with van der Waals surface area (Å²) in [7, 11) is 0. The Morgan fingerprint density at radius 1 is 1.04 bits per heavy atom. The van der Waals surface area contributed by atoms with Gasteiger partial charge in [0.15, 0.2) is 17.7 Å². The van der Waals surface area contributed by atoms with E-state index in [1.807, 2.05) is 4.90 Å². The summed E-state index contributed by atoms with van der Waals surface area (Å²) in [5.74, 6) is -0.114. The van der Waals surface area contributed by atoms with Crippen molar-refractivity contribution in [3.8, 4) is 11.5 Å². The number of piperidine rings is 1. The number of phenols is 1. The van der Waals surface area contributed by atoms with Gasteiger partial charge in [-0.3, -0.25) is 0 Å². The molecule has 0 amide bonds. The minimum absolute atomic E-state index is 0.0269. The summed E-state index contributed by atoms with van der Waals surface area (Å²) in [5, 5.41) is 20.2. The Labute approximate surface area is 152 Å². The maximum Gasteiger partial charge on any atom is 0.453 e. The highest BCUT2D eigenvalue weighted by Crippen LogP contribution is 2.30. The Bertz CT molecular complexity index is 942. The van der Waals surface area contributed by atoms with E-state index in [4.69, 9.17) is 4.74 Å². The van der Waals surface area contributed by atoms with Gasteiger partial charge in [0, 0.05) is 13.0 Å². The molecule has 3 heterocycles. The first kappa shape index (κ1) is 17.4. The molecular formula is C17H16F3N5O2. The number of fused-ring (bicyclic) bond motifs is 1. The number of rotatable bonds is 3. The summed E-state index contributed by atoms with van der Waals surface area (Å²) in [4.78, 5) is 1.83. The molecule has 3 aromatic rings. The summed E-state index contributed by atoms with van der Waals surface area (Å²) in [6.07, 6.45) is -2.51. The molecule has 1 aliphatic heterocycles. The maximum atomic E-state index is 13.1. The molecule has 1 saturated heterocycles. The first-order valence-corrected chi connectivity index (χ1v) is 8.44. The number of benzene rings is 1. The van der Waals surface area contributed by atoms with Crippen molar-refractivity contribution in [3.05, 3.63) is 42.2 Å². The Balaban J connectivity index is 1.66. The van der Waals surface area contributed by atoms with Crippen LogP contribution in [0, 0.1) is 0 Å². The van der Waals surface area contributed by atoms with Crippen LogP contribution in [0.3, 0.4) is 0 Å². The fourth-order valence-corrected chi connectivity index (χ4v) is 3.08. The zero-order valence-electron chi connectivity index (χ0n) is 14.1. The van der Waals surface area contributed by atoms with E-state index < -0.39 is 12.0 Å². The Hall–Kier alpha value is -3.04. The van der Waals surface area contributed by atoms with Gasteiger partial charge in [-0.1, -0.05) is 0 Å². The molecule has 0 aliphatic carbocycles. The van der Waals surface area contributed by atoms with Gasteiger partial charge in [0.1, 0.15) is 11.5 Å². The van der Waals surface area contributed by atoms with Crippen molar-refractivity contribution in [3.63, 3.8) is 0 Å². The van der Waals surface area contributed by atoms with E-state index in [0.29, 0.717) is 29.0 Å². The number of anilines is 1. The molecular weight excluding hydrogens is 363 g/mol. The molecule has 1 unspecified atom stereocenters. The number of phenolic OH excluding ortho intramolecular Hbond substituents is 1. The molecule has 142 valence electrons. The van der Waals surface area contributed by atoms with Crippen molar-refractivity contribution >= 4 is 11.5 Å². The lowest BCUT2D eigenvalue weighted by molar-refractivity contribution is -0.146. The third kappa shape index (κ3) is 3.46. The summed E-state index contributed by atoms with van der Waals surface area (Å²) >= 11 is 0. The Kier molecular flexibility index (Phi) is 4.25. The fourth-order valence-electron chi connectivity index (χ4n) is 3.08. The molecule has 10 heteroatoms. The molecule has 1 fully saturated rings. The minimum atomic E-state index is -4.64. The topological polar surface area (TPSA) is 75.8 Å². The van der Waals surface area contributed by atoms with Crippen LogP contribution in [0.2, 0.25) is 0 Å². The van der Waals surface area contributed by atoms with Gasteiger partial charge in [0.05, 0.1) is 0 Å². The van der Waals surface area contributed by atoms with Crippen molar-refractivity contribution in [2.45, 2.75) is 31.7 Å². The predicted octanol–water partition coefficient (Wildman–Crippen LogP) is 3.24. The van der Waals surface area contributed by atoms with Crippen LogP contribution in [-0.4, -0.2) is 37.7 Å². The van der Waals surface area contributed by atoms with Gasteiger partial charge >= 0.3 is 6.18 Å². The van der Waals surface area contributed by atoms with Crippen molar-refractivity contribution < 1.29 is 23.0 Å². The van der Waals surface area contributed by atoms with Crippen LogP contribution in [0.5, 0.6) is 11.5 Å². The van der Waals surface area contributed by atoms with E-state index >= 15 is 0 Å². The largest absolute Gasteiger partial charge is 0.508 e. The van der Waals surface area contributed by atoms with Crippen LogP contribution in [-0.2, 0) is 6.18 Å². The van der Waals surface area contributed by atoms with E-state index in [0.717, 1.165) is 12.8 Å². The third-order valence-electron chi connectivity index (χ3n) is 4.35. The minimum Gasteiger partial charge on any atom is -0.508 e. The summed E-state index contributed by atoms with van der Waals surface area (Å²) in [6, 6.07) is 9.37. The van der Waals surface area contributed by atoms with Gasteiger partial charge in [-0.25, -0.2) is 0 Å². The van der Waals surface area contributed by atoms with Gasteiger partial charge in [0.25, 0.3) is 5.82 Å². The molecule has 1 aliphatic rings. The number of aromatic hydroxyl groups is 1. The maximum absolute atomic E-state index is 13.1. The molecule has 1 N–H and O–H groups in total. The second-order valence-corrected chi connectivity index (χ2v) is 6.24. The van der Waals surface area contributed by atoms with E-state index in [2.05, 4.69) is 15.3 Å². The number of hydrogen-bond donors (Lipinski definition) is 1. The van der Waals surface area contributed by atoms with Gasteiger partial charge in [-0.2, -0.15) is 17.7 Å². The standard InChI is InChI=1S/C17H16F3N5O2/c18-17(19,20)16-22-21-13-8-9-14(23-25(13)16)24-10-2-1-3-15(24)27-12-6-4-11(26)5-7-12/h4-9,15,26H,1-3,10H2. The number of aromatic nitrogens is 4. The number of ether oxygens (including phenoxy) is 1. The smallest absolute Gasteiger partial charge is 0.453 e. The molecule has 1 atom stereocenters. The second-order valence-electron chi connectivity index (χ2n) is 6.24. The Morgan fingerprint density at radius 2 is 1.81 bits per heavy atom.